The number of carbonyl (C=O) groups excluding carboxylic acids is 1. The van der Waals surface area contributed by atoms with E-state index in [2.05, 4.69) is 27.7 Å². The van der Waals surface area contributed by atoms with Crippen molar-refractivity contribution < 1.29 is 18.8 Å². The average Bonchev–Trinajstić information content (AvgIpc) is 3.04. The van der Waals surface area contributed by atoms with Crippen LogP contribution in [0, 0.1) is 5.92 Å². The van der Waals surface area contributed by atoms with Gasteiger partial charge in [-0.2, -0.15) is 0 Å². The normalized spacial score (nSPS) is 35.0. The fourth-order valence-electron chi connectivity index (χ4n) is 3.65. The summed E-state index contributed by atoms with van der Waals surface area (Å²) in [6.45, 7) is 15.5. The van der Waals surface area contributed by atoms with E-state index in [-0.39, 0.29) is 29.7 Å². The Morgan fingerprint density at radius 1 is 1.17 bits per heavy atom. The van der Waals surface area contributed by atoms with Crippen molar-refractivity contribution in [3.8, 4) is 0 Å². The summed E-state index contributed by atoms with van der Waals surface area (Å²) in [5.41, 5.74) is -1.11. The van der Waals surface area contributed by atoms with Crippen LogP contribution in [0.25, 0.3) is 0 Å². The molecule has 0 aromatic heterocycles. The Morgan fingerprint density at radius 3 is 2.26 bits per heavy atom. The topological polar surface area (TPSA) is 48.0 Å². The van der Waals surface area contributed by atoms with Crippen LogP contribution in [0.2, 0.25) is 5.31 Å². The molecule has 1 amide bonds. The van der Waals surface area contributed by atoms with Gasteiger partial charge in [-0.25, -0.2) is 4.79 Å². The van der Waals surface area contributed by atoms with E-state index in [0.29, 0.717) is 12.5 Å². The van der Waals surface area contributed by atoms with Crippen LogP contribution in [0.1, 0.15) is 61.3 Å². The van der Waals surface area contributed by atoms with Crippen LogP contribution in [0.15, 0.2) is 0 Å². The standard InChI is InChI=1S/C17H30BNO4/c1-14(2,3)21-13(20)19-9-8-12-10-17(12,11-19)18-22-15(4,5)16(6,7)23-18/h12H,8-11H2,1-7H3/t12-,17+/m0/s1. The first-order chi connectivity index (χ1) is 10.4. The summed E-state index contributed by atoms with van der Waals surface area (Å²) in [7, 11) is -0.234. The second-order valence-corrected chi connectivity index (χ2v) is 9.41. The molecule has 23 heavy (non-hydrogen) atoms. The number of amides is 1. The highest BCUT2D eigenvalue weighted by Crippen LogP contribution is 2.68. The lowest BCUT2D eigenvalue weighted by Crippen LogP contribution is -2.46. The van der Waals surface area contributed by atoms with Gasteiger partial charge in [0.15, 0.2) is 0 Å². The summed E-state index contributed by atoms with van der Waals surface area (Å²) in [6.07, 6.45) is 1.85. The molecule has 0 unspecified atom stereocenters. The van der Waals surface area contributed by atoms with Gasteiger partial charge in [-0.3, -0.25) is 0 Å². The number of fused-ring (bicyclic) bond motifs is 1. The third-order valence-corrected chi connectivity index (χ3v) is 5.89. The Bertz CT molecular complexity index is 497. The molecular weight excluding hydrogens is 293 g/mol. The number of hydrogen-bond acceptors (Lipinski definition) is 4. The van der Waals surface area contributed by atoms with Gasteiger partial charge in [0.25, 0.3) is 0 Å². The van der Waals surface area contributed by atoms with Crippen molar-refractivity contribution in [2.75, 3.05) is 13.1 Å². The van der Waals surface area contributed by atoms with E-state index >= 15 is 0 Å². The molecule has 0 aromatic rings. The monoisotopic (exact) mass is 323 g/mol. The van der Waals surface area contributed by atoms with Crippen LogP contribution in [-0.2, 0) is 14.0 Å². The lowest BCUT2D eigenvalue weighted by molar-refractivity contribution is 0.00578. The summed E-state index contributed by atoms with van der Waals surface area (Å²) in [6, 6.07) is 0. The first-order valence-electron chi connectivity index (χ1n) is 8.70. The highest BCUT2D eigenvalue weighted by atomic mass is 16.7. The molecule has 2 aliphatic heterocycles. The van der Waals surface area contributed by atoms with Crippen LogP contribution >= 0.6 is 0 Å². The molecule has 0 bridgehead atoms. The number of rotatable bonds is 1. The Kier molecular flexibility index (Phi) is 3.63. The molecule has 2 saturated heterocycles. The van der Waals surface area contributed by atoms with Crippen LogP contribution in [0.3, 0.4) is 0 Å². The smallest absolute Gasteiger partial charge is 0.444 e. The maximum absolute atomic E-state index is 12.4. The summed E-state index contributed by atoms with van der Waals surface area (Å²) in [5, 5.41) is -0.0554. The highest BCUT2D eigenvalue weighted by molar-refractivity contribution is 6.51. The average molecular weight is 323 g/mol. The zero-order chi connectivity index (χ0) is 17.3. The summed E-state index contributed by atoms with van der Waals surface area (Å²) in [4.78, 5) is 14.2. The number of hydrogen-bond donors (Lipinski definition) is 0. The third kappa shape index (κ3) is 2.89. The van der Waals surface area contributed by atoms with Crippen LogP contribution in [0.5, 0.6) is 0 Å². The molecule has 0 spiro atoms. The SMILES string of the molecule is CC(C)(C)OC(=O)N1CC[C@H]2C[C@@]2(B2OC(C)(C)C(C)(C)O2)C1. The number of piperidine rings is 1. The van der Waals surface area contributed by atoms with E-state index in [4.69, 9.17) is 14.0 Å². The molecule has 2 heterocycles. The predicted molar refractivity (Wildman–Crippen MR) is 89.3 cm³/mol. The maximum atomic E-state index is 12.4. The van der Waals surface area contributed by atoms with E-state index in [1.54, 1.807) is 0 Å². The third-order valence-electron chi connectivity index (χ3n) is 5.89. The molecule has 130 valence electrons. The van der Waals surface area contributed by atoms with Crippen molar-refractivity contribution in [2.24, 2.45) is 5.92 Å². The van der Waals surface area contributed by atoms with Crippen molar-refractivity contribution in [3.05, 3.63) is 0 Å². The van der Waals surface area contributed by atoms with Gasteiger partial charge in [-0.05, 0) is 67.2 Å². The molecule has 5 nitrogen and oxygen atoms in total. The lowest BCUT2D eigenvalue weighted by Gasteiger charge is -2.35. The molecule has 1 saturated carbocycles. The summed E-state index contributed by atoms with van der Waals surface area (Å²) < 4.78 is 18.1. The van der Waals surface area contributed by atoms with Crippen molar-refractivity contribution in [2.45, 2.75) is 83.4 Å². The Hall–Kier alpha value is -0.745. The first kappa shape index (κ1) is 17.1. The lowest BCUT2D eigenvalue weighted by atomic mass is 9.64. The van der Waals surface area contributed by atoms with Crippen LogP contribution in [-0.4, -0.2) is 48.0 Å². The van der Waals surface area contributed by atoms with E-state index in [0.717, 1.165) is 19.4 Å². The van der Waals surface area contributed by atoms with Crippen molar-refractivity contribution in [1.82, 2.24) is 4.90 Å². The Balaban J connectivity index is 1.71. The minimum atomic E-state index is -0.463. The van der Waals surface area contributed by atoms with Gasteiger partial charge < -0.3 is 18.9 Å². The minimum Gasteiger partial charge on any atom is -0.444 e. The number of ether oxygens (including phenoxy) is 1. The quantitative estimate of drug-likeness (QED) is 0.693. The maximum Gasteiger partial charge on any atom is 0.466 e. The molecule has 3 rings (SSSR count). The molecule has 1 aliphatic carbocycles. The van der Waals surface area contributed by atoms with Gasteiger partial charge in [0, 0.05) is 18.4 Å². The van der Waals surface area contributed by atoms with Gasteiger partial charge in [0.05, 0.1) is 11.2 Å². The molecule has 6 heteroatoms. The molecule has 0 N–H and O–H groups in total. The van der Waals surface area contributed by atoms with Gasteiger partial charge in [0.2, 0.25) is 0 Å². The van der Waals surface area contributed by atoms with E-state index < -0.39 is 5.60 Å². The summed E-state index contributed by atoms with van der Waals surface area (Å²) in [5.74, 6) is 0.593. The van der Waals surface area contributed by atoms with Crippen LogP contribution in [0.4, 0.5) is 4.79 Å². The van der Waals surface area contributed by atoms with Gasteiger partial charge in [-0.15, -0.1) is 0 Å². The second kappa shape index (κ2) is 4.88. The van der Waals surface area contributed by atoms with Crippen molar-refractivity contribution in [1.29, 1.82) is 0 Å². The number of likely N-dealkylation sites (tertiary alicyclic amines) is 1. The number of nitrogens with zero attached hydrogens (tertiary/aromatic N) is 1. The molecular formula is C17H30BNO4. The predicted octanol–water partition coefficient (Wildman–Crippen LogP) is 3.48. The van der Waals surface area contributed by atoms with Gasteiger partial charge in [0.1, 0.15) is 5.60 Å². The van der Waals surface area contributed by atoms with Gasteiger partial charge >= 0.3 is 13.2 Å². The minimum absolute atomic E-state index is 0.0554. The van der Waals surface area contributed by atoms with E-state index in [1.807, 2.05) is 25.7 Å². The molecule has 0 radical (unpaired) electrons. The fourth-order valence-corrected chi connectivity index (χ4v) is 3.65. The molecule has 3 aliphatic rings. The van der Waals surface area contributed by atoms with E-state index in [1.165, 1.54) is 0 Å². The van der Waals surface area contributed by atoms with Gasteiger partial charge in [-0.1, -0.05) is 0 Å². The molecule has 3 fully saturated rings. The van der Waals surface area contributed by atoms with Crippen molar-refractivity contribution in [3.63, 3.8) is 0 Å². The number of carbonyl (C=O) groups is 1. The first-order valence-corrected chi connectivity index (χ1v) is 8.70. The largest absolute Gasteiger partial charge is 0.466 e. The summed E-state index contributed by atoms with van der Waals surface area (Å²) >= 11 is 0. The zero-order valence-corrected chi connectivity index (χ0v) is 15.6. The van der Waals surface area contributed by atoms with Crippen LogP contribution < -0.4 is 0 Å². The van der Waals surface area contributed by atoms with Crippen molar-refractivity contribution >= 4 is 13.2 Å². The highest BCUT2D eigenvalue weighted by Gasteiger charge is 2.71. The Morgan fingerprint density at radius 2 is 1.74 bits per heavy atom. The van der Waals surface area contributed by atoms with E-state index in [9.17, 15) is 4.79 Å². The second-order valence-electron chi connectivity index (χ2n) is 9.41. The fraction of sp³-hybridized carbons (Fsp3) is 0.941. The zero-order valence-electron chi connectivity index (χ0n) is 15.6. The Labute approximate surface area is 140 Å². The molecule has 0 aromatic carbocycles. The molecule has 2 atom stereocenters.